The van der Waals surface area contributed by atoms with E-state index in [-0.39, 0.29) is 0 Å². The van der Waals surface area contributed by atoms with Gasteiger partial charge in [-0.3, -0.25) is 4.90 Å². The fourth-order valence-corrected chi connectivity index (χ4v) is 3.09. The lowest BCUT2D eigenvalue weighted by molar-refractivity contribution is 0.0366. The molecule has 0 amide bonds. The summed E-state index contributed by atoms with van der Waals surface area (Å²) >= 11 is 0. The van der Waals surface area contributed by atoms with Gasteiger partial charge in [-0.05, 0) is 31.2 Å². The Labute approximate surface area is 146 Å². The zero-order chi connectivity index (χ0) is 17.1. The summed E-state index contributed by atoms with van der Waals surface area (Å²) < 4.78 is 13.2. The van der Waals surface area contributed by atoms with Crippen LogP contribution >= 0.6 is 0 Å². The number of aromatic nitrogens is 2. The Morgan fingerprint density at radius 1 is 1.12 bits per heavy atom. The first-order valence-electron chi connectivity index (χ1n) is 8.65. The molecular formula is C19H22N4O2. The summed E-state index contributed by atoms with van der Waals surface area (Å²) in [4.78, 5) is 11.7. The molecule has 6 nitrogen and oxygen atoms in total. The zero-order valence-electron chi connectivity index (χ0n) is 14.4. The molecule has 0 radical (unpaired) electrons. The number of morpholine rings is 1. The van der Waals surface area contributed by atoms with Gasteiger partial charge >= 0.3 is 0 Å². The van der Waals surface area contributed by atoms with Gasteiger partial charge in [0, 0.05) is 26.2 Å². The van der Waals surface area contributed by atoms with Gasteiger partial charge in [-0.2, -0.15) is 0 Å². The molecule has 3 aromatic rings. The molecule has 0 unspecified atom stereocenters. The summed E-state index contributed by atoms with van der Waals surface area (Å²) in [6.45, 7) is 7.33. The van der Waals surface area contributed by atoms with E-state index < -0.39 is 0 Å². The van der Waals surface area contributed by atoms with Crippen molar-refractivity contribution in [2.45, 2.75) is 13.5 Å². The van der Waals surface area contributed by atoms with Crippen LogP contribution in [0.15, 0.2) is 45.8 Å². The van der Waals surface area contributed by atoms with Gasteiger partial charge in [0.1, 0.15) is 11.5 Å². The molecule has 1 fully saturated rings. The number of benzene rings is 1. The lowest BCUT2D eigenvalue weighted by Gasteiger charge is -2.26. The molecule has 25 heavy (non-hydrogen) atoms. The van der Waals surface area contributed by atoms with Crippen molar-refractivity contribution in [3.8, 4) is 0 Å². The summed E-state index contributed by atoms with van der Waals surface area (Å²) in [6, 6.07) is 12.0. The summed E-state index contributed by atoms with van der Waals surface area (Å²) in [5, 5.41) is 0. The van der Waals surface area contributed by atoms with E-state index in [2.05, 4.69) is 25.5 Å². The topological polar surface area (TPSA) is 55.8 Å². The summed E-state index contributed by atoms with van der Waals surface area (Å²) in [5.74, 6) is 2.33. The first kappa shape index (κ1) is 16.1. The van der Waals surface area contributed by atoms with E-state index in [4.69, 9.17) is 9.15 Å². The predicted molar refractivity (Wildman–Crippen MR) is 97.7 cm³/mol. The summed E-state index contributed by atoms with van der Waals surface area (Å²) in [6.07, 6.45) is 1.74. The largest absolute Gasteiger partial charge is 0.460 e. The molecule has 1 aliphatic rings. The van der Waals surface area contributed by atoms with Crippen LogP contribution in [0, 0.1) is 6.92 Å². The van der Waals surface area contributed by atoms with Crippen molar-refractivity contribution >= 4 is 23.2 Å². The van der Waals surface area contributed by atoms with Crippen LogP contribution in [-0.2, 0) is 11.3 Å². The average molecular weight is 338 g/mol. The van der Waals surface area contributed by atoms with Crippen LogP contribution in [0.3, 0.4) is 0 Å². The van der Waals surface area contributed by atoms with Crippen LogP contribution in [0.25, 0.3) is 11.0 Å². The quantitative estimate of drug-likeness (QED) is 0.671. The molecule has 0 N–H and O–H groups in total. The van der Waals surface area contributed by atoms with Crippen LogP contribution in [0.2, 0.25) is 0 Å². The van der Waals surface area contributed by atoms with E-state index >= 15 is 0 Å². The van der Waals surface area contributed by atoms with Crippen molar-refractivity contribution in [3.05, 3.63) is 47.9 Å². The van der Waals surface area contributed by atoms with Crippen LogP contribution < -0.4 is 0 Å². The lowest BCUT2D eigenvalue weighted by atomic mass is 10.3. The van der Waals surface area contributed by atoms with Crippen molar-refractivity contribution in [1.29, 1.82) is 0 Å². The number of hydrogen-bond donors (Lipinski definition) is 0. The fourth-order valence-electron chi connectivity index (χ4n) is 3.09. The van der Waals surface area contributed by atoms with Gasteiger partial charge < -0.3 is 13.7 Å². The number of furan rings is 1. The van der Waals surface area contributed by atoms with Crippen molar-refractivity contribution in [2.75, 3.05) is 32.8 Å². The molecule has 0 atom stereocenters. The van der Waals surface area contributed by atoms with Gasteiger partial charge in [-0.1, -0.05) is 12.1 Å². The highest BCUT2D eigenvalue weighted by molar-refractivity contribution is 5.81. The maximum atomic E-state index is 5.57. The highest BCUT2D eigenvalue weighted by Gasteiger charge is 2.13. The minimum atomic E-state index is 0.712. The second-order valence-corrected chi connectivity index (χ2v) is 6.21. The zero-order valence-corrected chi connectivity index (χ0v) is 14.4. The average Bonchev–Trinajstić information content (AvgIpc) is 3.22. The van der Waals surface area contributed by atoms with Crippen LogP contribution in [0.1, 0.15) is 11.5 Å². The number of ether oxygens (including phenoxy) is 1. The molecule has 4 rings (SSSR count). The number of fused-ring (bicyclic) bond motifs is 1. The smallest absolute Gasteiger partial charge is 0.230 e. The standard InChI is InChI=1S/C19H22N4O2/c1-15-6-7-16(25-15)14-20-19-21-17-4-2-3-5-18(17)23(19)9-8-22-10-12-24-13-11-22/h2-7,14H,8-13H2,1H3. The molecule has 1 aromatic carbocycles. The number of rotatable bonds is 5. The Kier molecular flexibility index (Phi) is 4.63. The minimum Gasteiger partial charge on any atom is -0.460 e. The van der Waals surface area contributed by atoms with Crippen molar-refractivity contribution in [1.82, 2.24) is 14.5 Å². The Morgan fingerprint density at radius 3 is 2.76 bits per heavy atom. The molecule has 0 spiro atoms. The van der Waals surface area contributed by atoms with E-state index in [1.54, 1.807) is 6.21 Å². The number of hydrogen-bond acceptors (Lipinski definition) is 5. The van der Waals surface area contributed by atoms with Crippen molar-refractivity contribution in [2.24, 2.45) is 4.99 Å². The third-order valence-electron chi connectivity index (χ3n) is 4.45. The van der Waals surface area contributed by atoms with Gasteiger partial charge in [0.2, 0.25) is 5.95 Å². The molecule has 2 aromatic heterocycles. The van der Waals surface area contributed by atoms with E-state index in [0.717, 1.165) is 61.9 Å². The van der Waals surface area contributed by atoms with E-state index in [1.807, 2.05) is 37.3 Å². The van der Waals surface area contributed by atoms with Gasteiger partial charge in [-0.25, -0.2) is 9.98 Å². The monoisotopic (exact) mass is 338 g/mol. The number of para-hydroxylation sites is 2. The van der Waals surface area contributed by atoms with Crippen LogP contribution in [0.5, 0.6) is 0 Å². The van der Waals surface area contributed by atoms with Crippen molar-refractivity contribution in [3.63, 3.8) is 0 Å². The predicted octanol–water partition coefficient (Wildman–Crippen LogP) is 3.02. The van der Waals surface area contributed by atoms with Gasteiger partial charge in [-0.15, -0.1) is 0 Å². The maximum absolute atomic E-state index is 5.57. The lowest BCUT2D eigenvalue weighted by Crippen LogP contribution is -2.38. The summed E-state index contributed by atoms with van der Waals surface area (Å²) in [5.41, 5.74) is 2.07. The third-order valence-corrected chi connectivity index (χ3v) is 4.45. The molecule has 3 heterocycles. The Bertz CT molecular complexity index is 875. The Balaban J connectivity index is 1.59. The van der Waals surface area contributed by atoms with Crippen LogP contribution in [0.4, 0.5) is 5.95 Å². The fraction of sp³-hybridized carbons (Fsp3) is 0.368. The van der Waals surface area contributed by atoms with Crippen LogP contribution in [-0.4, -0.2) is 53.5 Å². The SMILES string of the molecule is Cc1ccc(C=Nc2nc3ccccc3n2CCN2CCOCC2)o1. The summed E-state index contributed by atoms with van der Waals surface area (Å²) in [7, 11) is 0. The third kappa shape index (κ3) is 3.65. The molecular weight excluding hydrogens is 316 g/mol. The second kappa shape index (κ2) is 7.21. The molecule has 130 valence electrons. The minimum absolute atomic E-state index is 0.712. The van der Waals surface area contributed by atoms with Gasteiger partial charge in [0.05, 0.1) is 30.5 Å². The molecule has 6 heteroatoms. The second-order valence-electron chi connectivity index (χ2n) is 6.21. The van der Waals surface area contributed by atoms with E-state index in [9.17, 15) is 0 Å². The van der Waals surface area contributed by atoms with E-state index in [1.165, 1.54) is 0 Å². The number of aliphatic imine (C=N–C) groups is 1. The molecule has 0 bridgehead atoms. The van der Waals surface area contributed by atoms with Gasteiger partial charge in [0.15, 0.2) is 0 Å². The highest BCUT2D eigenvalue weighted by atomic mass is 16.5. The first-order valence-corrected chi connectivity index (χ1v) is 8.65. The highest BCUT2D eigenvalue weighted by Crippen LogP contribution is 2.22. The van der Waals surface area contributed by atoms with Crippen molar-refractivity contribution < 1.29 is 9.15 Å². The number of imidazole rings is 1. The Hall–Kier alpha value is -2.44. The Morgan fingerprint density at radius 2 is 1.96 bits per heavy atom. The maximum Gasteiger partial charge on any atom is 0.230 e. The number of nitrogens with zero attached hydrogens (tertiary/aromatic N) is 4. The number of aryl methyl sites for hydroxylation is 1. The molecule has 1 saturated heterocycles. The molecule has 0 saturated carbocycles. The first-order chi connectivity index (χ1) is 12.3. The van der Waals surface area contributed by atoms with Gasteiger partial charge in [0.25, 0.3) is 0 Å². The molecule has 0 aliphatic carbocycles. The normalized spacial score (nSPS) is 16.2. The molecule has 1 aliphatic heterocycles. The van der Waals surface area contributed by atoms with E-state index in [0.29, 0.717) is 5.95 Å².